The molecule has 0 bridgehead atoms. The summed E-state index contributed by atoms with van der Waals surface area (Å²) >= 11 is 1.15. The molecule has 10 heteroatoms. The molecule has 1 atom stereocenters. The van der Waals surface area contributed by atoms with Gasteiger partial charge in [-0.1, -0.05) is 6.92 Å². The lowest BCUT2D eigenvalue weighted by Gasteiger charge is -2.18. The van der Waals surface area contributed by atoms with Crippen molar-refractivity contribution in [2.45, 2.75) is 37.3 Å². The molecule has 0 unspecified atom stereocenters. The second-order valence-corrected chi connectivity index (χ2v) is 9.34. The molecule has 0 radical (unpaired) electrons. The summed E-state index contributed by atoms with van der Waals surface area (Å²) in [4.78, 5) is 12.5. The molecular weight excluding hydrogens is 401 g/mol. The summed E-state index contributed by atoms with van der Waals surface area (Å²) in [7, 11) is -4.16. The van der Waals surface area contributed by atoms with Gasteiger partial charge in [-0.15, -0.1) is 11.3 Å². The Morgan fingerprint density at radius 2 is 1.89 bits per heavy atom. The molecule has 3 rings (SSSR count). The minimum atomic E-state index is -4.56. The van der Waals surface area contributed by atoms with E-state index in [0.29, 0.717) is 24.5 Å². The van der Waals surface area contributed by atoms with Crippen LogP contribution in [0.5, 0.6) is 0 Å². The number of nitrogens with one attached hydrogen (secondary N) is 1. The van der Waals surface area contributed by atoms with E-state index in [1.807, 2.05) is 0 Å². The number of sulfonamides is 1. The lowest BCUT2D eigenvalue weighted by atomic mass is 9.88. The maximum absolute atomic E-state index is 12.7. The van der Waals surface area contributed by atoms with Crippen molar-refractivity contribution in [2.24, 2.45) is 11.7 Å². The first-order valence-corrected chi connectivity index (χ1v) is 10.4. The van der Waals surface area contributed by atoms with E-state index in [0.717, 1.165) is 46.8 Å². The topological polar surface area (TPSA) is 89.3 Å². The summed E-state index contributed by atoms with van der Waals surface area (Å²) in [5.74, 6) is -0.316. The number of carbonyl (C=O) groups excluding carboxylic acids is 1. The fourth-order valence-electron chi connectivity index (χ4n) is 3.09. The Kier molecular flexibility index (Phi) is 4.98. The van der Waals surface area contributed by atoms with Gasteiger partial charge in [0.2, 0.25) is 0 Å². The number of hydrogen-bond donors (Lipinski definition) is 2. The van der Waals surface area contributed by atoms with Gasteiger partial charge in [-0.25, -0.2) is 8.42 Å². The van der Waals surface area contributed by atoms with E-state index in [9.17, 15) is 26.4 Å². The van der Waals surface area contributed by atoms with Crippen LogP contribution in [0, 0.1) is 5.92 Å². The molecule has 1 aromatic heterocycles. The number of nitrogens with two attached hydrogens (primary N) is 1. The predicted octanol–water partition coefficient (Wildman–Crippen LogP) is 3.79. The largest absolute Gasteiger partial charge is 0.416 e. The van der Waals surface area contributed by atoms with Crippen LogP contribution in [0.15, 0.2) is 29.2 Å². The third kappa shape index (κ3) is 3.96. The number of thiophene rings is 1. The summed E-state index contributed by atoms with van der Waals surface area (Å²) in [6, 6.07) is 3.16. The zero-order chi connectivity index (χ0) is 20.0. The van der Waals surface area contributed by atoms with Gasteiger partial charge < -0.3 is 5.73 Å². The molecule has 146 valence electrons. The van der Waals surface area contributed by atoms with Crippen LogP contribution in [0.2, 0.25) is 0 Å². The lowest BCUT2D eigenvalue weighted by Crippen LogP contribution is -2.19. The van der Waals surface area contributed by atoms with E-state index in [2.05, 4.69) is 11.6 Å². The van der Waals surface area contributed by atoms with Crippen molar-refractivity contribution >= 4 is 32.3 Å². The zero-order valence-corrected chi connectivity index (χ0v) is 15.9. The molecule has 27 heavy (non-hydrogen) atoms. The molecule has 1 aliphatic carbocycles. The molecule has 2 aromatic rings. The van der Waals surface area contributed by atoms with Crippen molar-refractivity contribution in [2.75, 3.05) is 4.72 Å². The first-order valence-electron chi connectivity index (χ1n) is 8.13. The van der Waals surface area contributed by atoms with Gasteiger partial charge in [-0.3, -0.25) is 9.52 Å². The minimum Gasteiger partial charge on any atom is -0.365 e. The monoisotopic (exact) mass is 418 g/mol. The van der Waals surface area contributed by atoms with Gasteiger partial charge in [0.05, 0.1) is 16.0 Å². The number of amides is 1. The molecule has 1 aromatic carbocycles. The van der Waals surface area contributed by atoms with Crippen molar-refractivity contribution in [3.05, 3.63) is 45.8 Å². The van der Waals surface area contributed by atoms with Gasteiger partial charge in [-0.05, 0) is 55.0 Å². The van der Waals surface area contributed by atoms with Crippen LogP contribution in [0.1, 0.15) is 39.7 Å². The Morgan fingerprint density at radius 3 is 2.44 bits per heavy atom. The Morgan fingerprint density at radius 1 is 1.26 bits per heavy atom. The highest BCUT2D eigenvalue weighted by molar-refractivity contribution is 7.93. The van der Waals surface area contributed by atoms with Crippen LogP contribution in [-0.2, 0) is 29.0 Å². The molecule has 1 aliphatic rings. The molecule has 1 amide bonds. The van der Waals surface area contributed by atoms with E-state index >= 15 is 0 Å². The van der Waals surface area contributed by atoms with Gasteiger partial charge in [-0.2, -0.15) is 13.2 Å². The molecule has 0 spiro atoms. The van der Waals surface area contributed by atoms with Gasteiger partial charge in [0.15, 0.2) is 0 Å². The molecule has 1 heterocycles. The highest BCUT2D eigenvalue weighted by atomic mass is 32.2. The second-order valence-electron chi connectivity index (χ2n) is 6.55. The van der Waals surface area contributed by atoms with Crippen molar-refractivity contribution in [3.8, 4) is 0 Å². The molecule has 0 saturated heterocycles. The quantitative estimate of drug-likeness (QED) is 0.792. The lowest BCUT2D eigenvalue weighted by molar-refractivity contribution is -0.137. The highest BCUT2D eigenvalue weighted by Crippen LogP contribution is 2.40. The summed E-state index contributed by atoms with van der Waals surface area (Å²) in [5, 5.41) is 0.112. The fraction of sp³-hybridized carbons (Fsp3) is 0.353. The Balaban J connectivity index is 1.95. The molecule has 5 nitrogen and oxygen atoms in total. The number of rotatable bonds is 4. The Hall–Kier alpha value is -2.07. The number of fused-ring (bicyclic) bond motifs is 1. The average Bonchev–Trinajstić information content (AvgIpc) is 2.90. The molecule has 0 fully saturated rings. The third-order valence-electron chi connectivity index (χ3n) is 4.48. The van der Waals surface area contributed by atoms with Crippen molar-refractivity contribution in [1.82, 2.24) is 0 Å². The number of primary amides is 1. The number of hydrogen-bond acceptors (Lipinski definition) is 4. The average molecular weight is 418 g/mol. The van der Waals surface area contributed by atoms with Crippen LogP contribution in [0.4, 0.5) is 18.2 Å². The number of anilines is 1. The highest BCUT2D eigenvalue weighted by Gasteiger charge is 2.32. The summed E-state index contributed by atoms with van der Waals surface area (Å²) in [6.07, 6.45) is -2.33. The maximum atomic E-state index is 12.7. The van der Waals surface area contributed by atoms with Gasteiger partial charge >= 0.3 is 6.18 Å². The van der Waals surface area contributed by atoms with Crippen LogP contribution >= 0.6 is 11.3 Å². The Bertz CT molecular complexity index is 980. The molecule has 0 aliphatic heterocycles. The SMILES string of the molecule is C[C@@H]1CCc2c(sc(NS(=O)(=O)c3ccc(C(F)(F)F)cc3)c2C(N)=O)C1. The predicted molar refractivity (Wildman–Crippen MR) is 96.3 cm³/mol. The molecule has 0 saturated carbocycles. The van der Waals surface area contributed by atoms with E-state index in [4.69, 9.17) is 5.73 Å². The van der Waals surface area contributed by atoms with E-state index in [1.165, 1.54) is 0 Å². The first-order chi connectivity index (χ1) is 12.5. The van der Waals surface area contributed by atoms with Crippen molar-refractivity contribution in [3.63, 3.8) is 0 Å². The Labute approximate surface area is 158 Å². The molecule has 3 N–H and O–H groups in total. The minimum absolute atomic E-state index is 0.112. The number of halogens is 3. The standard InChI is InChI=1S/C17H17F3N2O3S2/c1-9-2-7-12-13(8-9)26-16(14(12)15(21)23)22-27(24,25)11-5-3-10(4-6-11)17(18,19)20/h3-6,9,22H,2,7-8H2,1H3,(H2,21,23)/t9-/m1/s1. The van der Waals surface area contributed by atoms with Crippen LogP contribution in [0.3, 0.4) is 0 Å². The van der Waals surface area contributed by atoms with Crippen molar-refractivity contribution < 1.29 is 26.4 Å². The van der Waals surface area contributed by atoms with E-state index in [-0.39, 0.29) is 15.5 Å². The number of alkyl halides is 3. The van der Waals surface area contributed by atoms with E-state index < -0.39 is 27.7 Å². The van der Waals surface area contributed by atoms with Crippen LogP contribution in [-0.4, -0.2) is 14.3 Å². The van der Waals surface area contributed by atoms with Gasteiger partial charge in [0.1, 0.15) is 5.00 Å². The van der Waals surface area contributed by atoms with E-state index in [1.54, 1.807) is 0 Å². The molecular formula is C17H17F3N2O3S2. The van der Waals surface area contributed by atoms with Crippen LogP contribution in [0.25, 0.3) is 0 Å². The normalized spacial score (nSPS) is 17.4. The van der Waals surface area contributed by atoms with Gasteiger partial charge in [0, 0.05) is 4.88 Å². The zero-order valence-electron chi connectivity index (χ0n) is 14.3. The first kappa shape index (κ1) is 19.7. The summed E-state index contributed by atoms with van der Waals surface area (Å²) in [5.41, 5.74) is 5.42. The third-order valence-corrected chi connectivity index (χ3v) is 7.14. The number of carbonyl (C=O) groups is 1. The second kappa shape index (κ2) is 6.83. The van der Waals surface area contributed by atoms with Crippen LogP contribution < -0.4 is 10.5 Å². The smallest absolute Gasteiger partial charge is 0.365 e. The summed E-state index contributed by atoms with van der Waals surface area (Å²) in [6.45, 7) is 2.07. The summed E-state index contributed by atoms with van der Waals surface area (Å²) < 4.78 is 65.4. The maximum Gasteiger partial charge on any atom is 0.416 e. The van der Waals surface area contributed by atoms with Crippen molar-refractivity contribution in [1.29, 1.82) is 0 Å². The fourth-order valence-corrected chi connectivity index (χ4v) is 5.81. The number of benzene rings is 1. The van der Waals surface area contributed by atoms with Gasteiger partial charge in [0.25, 0.3) is 15.9 Å².